The lowest BCUT2D eigenvalue weighted by atomic mass is 9.84. The van der Waals surface area contributed by atoms with Gasteiger partial charge in [0.15, 0.2) is 0 Å². The largest absolute Gasteiger partial charge is 0.357 e. The van der Waals surface area contributed by atoms with Gasteiger partial charge in [-0.25, -0.2) is 4.98 Å². The van der Waals surface area contributed by atoms with Crippen LogP contribution < -0.4 is 10.2 Å². The predicted octanol–water partition coefficient (Wildman–Crippen LogP) is 3.23. The van der Waals surface area contributed by atoms with Crippen LogP contribution in [-0.4, -0.2) is 30.1 Å². The molecule has 0 radical (unpaired) electrons. The third-order valence-electron chi connectivity index (χ3n) is 4.44. The maximum Gasteiger partial charge on any atom is 0.224 e. The summed E-state index contributed by atoms with van der Waals surface area (Å²) in [7, 11) is 4.03. The summed E-state index contributed by atoms with van der Waals surface area (Å²) in [5.74, 6) is 2.71. The van der Waals surface area contributed by atoms with Gasteiger partial charge in [-0.3, -0.25) is 0 Å². The Morgan fingerprint density at radius 2 is 2.00 bits per heavy atom. The Balaban J connectivity index is 2.09. The van der Waals surface area contributed by atoms with Crippen molar-refractivity contribution in [1.29, 1.82) is 0 Å². The number of hydrogen-bond donors (Lipinski definition) is 1. The molecular weight excluding hydrogens is 236 g/mol. The van der Waals surface area contributed by atoms with Gasteiger partial charge < -0.3 is 10.2 Å². The van der Waals surface area contributed by atoms with E-state index in [2.05, 4.69) is 41.1 Å². The highest BCUT2D eigenvalue weighted by atomic mass is 15.2. The number of hydrogen-bond acceptors (Lipinski definition) is 4. The number of nitrogens with zero attached hydrogens (tertiary/aromatic N) is 3. The molecule has 0 saturated heterocycles. The van der Waals surface area contributed by atoms with Crippen molar-refractivity contribution in [3.63, 3.8) is 0 Å². The average Bonchev–Trinajstić information content (AvgIpc) is 2.47. The Labute approximate surface area is 116 Å². The molecule has 1 aliphatic carbocycles. The van der Waals surface area contributed by atoms with Gasteiger partial charge in [-0.2, -0.15) is 4.98 Å². The van der Waals surface area contributed by atoms with Crippen LogP contribution in [-0.2, 0) is 0 Å². The van der Waals surface area contributed by atoms with Crippen LogP contribution >= 0.6 is 0 Å². The molecule has 0 unspecified atom stereocenters. The Morgan fingerprint density at radius 1 is 1.32 bits per heavy atom. The van der Waals surface area contributed by atoms with E-state index in [9.17, 15) is 0 Å². The lowest BCUT2D eigenvalue weighted by Gasteiger charge is -2.35. The first-order valence-electron chi connectivity index (χ1n) is 7.40. The number of aryl methyl sites for hydroxylation is 1. The lowest BCUT2D eigenvalue weighted by Crippen LogP contribution is -2.36. The van der Waals surface area contributed by atoms with Gasteiger partial charge >= 0.3 is 0 Å². The Morgan fingerprint density at radius 3 is 2.58 bits per heavy atom. The van der Waals surface area contributed by atoms with Crippen molar-refractivity contribution < 1.29 is 0 Å². The summed E-state index contributed by atoms with van der Waals surface area (Å²) in [6.45, 7) is 4.39. The second-order valence-corrected chi connectivity index (χ2v) is 5.64. The molecule has 1 aromatic rings. The van der Waals surface area contributed by atoms with E-state index in [-0.39, 0.29) is 0 Å². The molecule has 0 amide bonds. The van der Waals surface area contributed by atoms with Gasteiger partial charge in [0.05, 0.1) is 0 Å². The zero-order chi connectivity index (χ0) is 13.8. The van der Waals surface area contributed by atoms with E-state index in [1.165, 1.54) is 32.1 Å². The Bertz CT molecular complexity index is 411. The summed E-state index contributed by atoms with van der Waals surface area (Å²) in [4.78, 5) is 11.2. The van der Waals surface area contributed by atoms with Gasteiger partial charge in [-0.1, -0.05) is 13.3 Å². The number of anilines is 2. The van der Waals surface area contributed by atoms with Crippen LogP contribution in [0.4, 0.5) is 11.8 Å². The summed E-state index contributed by atoms with van der Waals surface area (Å²) in [5, 5.41) is 3.02. The van der Waals surface area contributed by atoms with Crippen molar-refractivity contribution in [2.75, 3.05) is 24.3 Å². The normalized spacial score (nSPS) is 23.2. The summed E-state index contributed by atoms with van der Waals surface area (Å²) in [5.41, 5.74) is 1.15. The highest BCUT2D eigenvalue weighted by molar-refractivity contribution is 5.49. The van der Waals surface area contributed by atoms with E-state index in [0.29, 0.717) is 12.0 Å². The number of rotatable bonds is 4. The van der Waals surface area contributed by atoms with Crippen molar-refractivity contribution in [3.8, 4) is 0 Å². The molecule has 1 N–H and O–H groups in total. The van der Waals surface area contributed by atoms with E-state index in [1.807, 2.05) is 13.2 Å². The van der Waals surface area contributed by atoms with Crippen LogP contribution in [0.5, 0.6) is 0 Å². The fourth-order valence-electron chi connectivity index (χ4n) is 3.02. The molecule has 106 valence electrons. The molecule has 1 fully saturated rings. The van der Waals surface area contributed by atoms with E-state index in [1.54, 1.807) is 0 Å². The average molecular weight is 262 g/mol. The number of nitrogens with one attached hydrogen (secondary N) is 1. The monoisotopic (exact) mass is 262 g/mol. The molecule has 0 spiro atoms. The van der Waals surface area contributed by atoms with Gasteiger partial charge in [0.2, 0.25) is 5.95 Å². The third-order valence-corrected chi connectivity index (χ3v) is 4.44. The minimum Gasteiger partial charge on any atom is -0.357 e. The highest BCUT2D eigenvalue weighted by Gasteiger charge is 2.24. The van der Waals surface area contributed by atoms with Gasteiger partial charge in [-0.15, -0.1) is 0 Å². The Hall–Kier alpha value is -1.32. The van der Waals surface area contributed by atoms with Gasteiger partial charge in [0.25, 0.3) is 0 Å². The van der Waals surface area contributed by atoms with Crippen LogP contribution in [0.2, 0.25) is 0 Å². The molecule has 0 bridgehead atoms. The van der Waals surface area contributed by atoms with Gasteiger partial charge in [-0.05, 0) is 38.5 Å². The molecule has 4 heteroatoms. The quantitative estimate of drug-likeness (QED) is 0.904. The predicted molar refractivity (Wildman–Crippen MR) is 80.8 cm³/mol. The van der Waals surface area contributed by atoms with Crippen molar-refractivity contribution in [2.24, 2.45) is 5.92 Å². The van der Waals surface area contributed by atoms with Gasteiger partial charge in [0.1, 0.15) is 5.82 Å². The first-order chi connectivity index (χ1) is 9.15. The first-order valence-corrected chi connectivity index (χ1v) is 7.40. The molecule has 0 aliphatic heterocycles. The summed E-state index contributed by atoms with van der Waals surface area (Å²) in [6, 6.07) is 0.626. The molecule has 1 saturated carbocycles. The zero-order valence-electron chi connectivity index (χ0n) is 12.6. The third kappa shape index (κ3) is 3.17. The van der Waals surface area contributed by atoms with Crippen LogP contribution in [0.15, 0.2) is 6.20 Å². The summed E-state index contributed by atoms with van der Waals surface area (Å²) in [6.07, 6.45) is 8.51. The van der Waals surface area contributed by atoms with E-state index in [0.717, 1.165) is 17.3 Å². The summed E-state index contributed by atoms with van der Waals surface area (Å²) < 4.78 is 0. The van der Waals surface area contributed by atoms with Crippen molar-refractivity contribution in [2.45, 2.75) is 52.0 Å². The smallest absolute Gasteiger partial charge is 0.224 e. The minimum absolute atomic E-state index is 0.626. The maximum absolute atomic E-state index is 4.61. The fourth-order valence-corrected chi connectivity index (χ4v) is 3.02. The van der Waals surface area contributed by atoms with E-state index >= 15 is 0 Å². The second kappa shape index (κ2) is 6.22. The molecular formula is C15H26N4. The topological polar surface area (TPSA) is 41.1 Å². The minimum atomic E-state index is 0.626. The van der Waals surface area contributed by atoms with Crippen LogP contribution in [0.25, 0.3) is 0 Å². The number of aromatic nitrogens is 2. The summed E-state index contributed by atoms with van der Waals surface area (Å²) >= 11 is 0. The maximum atomic E-state index is 4.61. The van der Waals surface area contributed by atoms with Crippen LogP contribution in [0.3, 0.4) is 0 Å². The molecule has 1 heterocycles. The molecule has 4 nitrogen and oxygen atoms in total. The SMILES string of the molecule is CCC1CCC(N(C)c2nc(NC)ncc2C)CC1. The Kier molecular flexibility index (Phi) is 4.61. The molecule has 2 rings (SSSR count). The second-order valence-electron chi connectivity index (χ2n) is 5.64. The first kappa shape index (κ1) is 14.1. The van der Waals surface area contributed by atoms with E-state index < -0.39 is 0 Å². The van der Waals surface area contributed by atoms with Crippen molar-refractivity contribution in [3.05, 3.63) is 11.8 Å². The molecule has 1 aliphatic rings. The molecule has 19 heavy (non-hydrogen) atoms. The van der Waals surface area contributed by atoms with Gasteiger partial charge in [0, 0.05) is 31.9 Å². The van der Waals surface area contributed by atoms with Crippen molar-refractivity contribution >= 4 is 11.8 Å². The van der Waals surface area contributed by atoms with Crippen LogP contribution in [0.1, 0.15) is 44.6 Å². The highest BCUT2D eigenvalue weighted by Crippen LogP contribution is 2.31. The fraction of sp³-hybridized carbons (Fsp3) is 0.733. The molecule has 0 aromatic carbocycles. The van der Waals surface area contributed by atoms with Crippen LogP contribution in [0, 0.1) is 12.8 Å². The van der Waals surface area contributed by atoms with E-state index in [4.69, 9.17) is 0 Å². The molecule has 1 aromatic heterocycles. The standard InChI is InChI=1S/C15H26N4/c1-5-12-6-8-13(9-7-12)19(4)14-11(2)10-17-15(16-3)18-14/h10,12-13H,5-9H2,1-4H3,(H,16,17,18). The van der Waals surface area contributed by atoms with Crippen molar-refractivity contribution in [1.82, 2.24) is 9.97 Å². The zero-order valence-corrected chi connectivity index (χ0v) is 12.6. The molecule has 0 atom stereocenters. The lowest BCUT2D eigenvalue weighted by molar-refractivity contribution is 0.312.